The number of furan rings is 1. The van der Waals surface area contributed by atoms with Crippen LogP contribution in [0, 0.1) is 0 Å². The normalized spacial score (nSPS) is 15.5. The molecule has 0 N–H and O–H groups in total. The van der Waals surface area contributed by atoms with E-state index in [4.69, 9.17) is 9.90 Å². The Labute approximate surface area is 313 Å². The van der Waals surface area contributed by atoms with Gasteiger partial charge in [-0.2, -0.15) is 0 Å². The number of fused-ring (bicyclic) bond motifs is 9. The lowest BCUT2D eigenvalue weighted by atomic mass is 9.80. The number of benzene rings is 9. The first kappa shape index (κ1) is 22.4. The van der Waals surface area contributed by atoms with Crippen molar-refractivity contribution in [2.45, 2.75) is 19.3 Å². The van der Waals surface area contributed by atoms with Crippen molar-refractivity contribution in [3.8, 4) is 44.5 Å². The molecule has 0 aliphatic heterocycles. The van der Waals surface area contributed by atoms with Gasteiger partial charge >= 0.3 is 0 Å². The van der Waals surface area contributed by atoms with E-state index in [1.807, 2.05) is 91.0 Å². The third-order valence-electron chi connectivity index (χ3n) is 11.1. The summed E-state index contributed by atoms with van der Waals surface area (Å²) >= 11 is 0. The summed E-state index contributed by atoms with van der Waals surface area (Å²) in [6.45, 7) is 4.35. The Hall–Kier alpha value is -6.44. The summed E-state index contributed by atoms with van der Waals surface area (Å²) < 4.78 is 80.6. The van der Waals surface area contributed by atoms with Gasteiger partial charge in [0.05, 0.1) is 11.0 Å². The molecular weight excluding hydrogens is 629 g/mol. The second-order valence-electron chi connectivity index (χ2n) is 14.2. The van der Waals surface area contributed by atoms with Crippen molar-refractivity contribution < 1.29 is 15.4 Å². The minimum Gasteiger partial charge on any atom is -0.456 e. The largest absolute Gasteiger partial charge is 0.456 e. The van der Waals surface area contributed by atoms with Crippen molar-refractivity contribution in [2.75, 3.05) is 0 Å². The molecule has 1 heterocycles. The Balaban J connectivity index is 1.28. The van der Waals surface area contributed by atoms with Crippen LogP contribution in [0.25, 0.3) is 98.8 Å². The Morgan fingerprint density at radius 3 is 1.69 bits per heavy atom. The lowest BCUT2D eigenvalue weighted by Crippen LogP contribution is -2.15. The zero-order valence-electron chi connectivity index (χ0n) is 36.5. The first-order valence-electron chi connectivity index (χ1n) is 21.5. The van der Waals surface area contributed by atoms with Gasteiger partial charge in [0.15, 0.2) is 0 Å². The van der Waals surface area contributed by atoms with Crippen LogP contribution in [0.5, 0.6) is 0 Å². The van der Waals surface area contributed by atoms with E-state index in [0.717, 1.165) is 49.5 Å². The summed E-state index contributed by atoms with van der Waals surface area (Å²) in [5.74, 6) is 0. The smallest absolute Gasteiger partial charge is 0.136 e. The molecule has 0 radical (unpaired) electrons. The van der Waals surface area contributed by atoms with Gasteiger partial charge in [-0.3, -0.25) is 0 Å². The second-order valence-corrected chi connectivity index (χ2v) is 14.2. The minimum atomic E-state index is -0.474. The molecule has 0 saturated heterocycles. The standard InChI is InChI=1S/C51H34O/c1-51(2)44-28-34(31-13-4-3-5-14-31)23-25-36(44)37-26-24-35(29-45(37)51)48-38-17-8-10-19-40(38)49(41-20-11-9-18-39(41)48)42-21-12-22-46-50(42)43-27-32-15-6-7-16-33(32)30-47(43)52-46/h3-30H,1-2H3/i8D,9D,10D,11D,17D,18D,19D,20D. The quantitative estimate of drug-likeness (QED) is 0.171. The molecule has 1 aromatic heterocycles. The van der Waals surface area contributed by atoms with Crippen LogP contribution in [0.3, 0.4) is 0 Å². The van der Waals surface area contributed by atoms with E-state index < -0.39 is 29.6 Å². The van der Waals surface area contributed by atoms with Gasteiger partial charge in [0.25, 0.3) is 0 Å². The Bertz CT molecular complexity index is 3470. The molecular formula is C51H34O. The van der Waals surface area contributed by atoms with E-state index in [9.17, 15) is 5.48 Å². The molecule has 1 heteroatoms. The second kappa shape index (κ2) is 10.8. The Kier molecular flexibility index (Phi) is 4.64. The maximum absolute atomic E-state index is 9.57. The summed E-state index contributed by atoms with van der Waals surface area (Å²) in [6, 6.07) is 37.3. The summed E-state index contributed by atoms with van der Waals surface area (Å²) in [5.41, 5.74) is 8.97. The van der Waals surface area contributed by atoms with Crippen molar-refractivity contribution in [1.29, 1.82) is 0 Å². The summed E-state index contributed by atoms with van der Waals surface area (Å²) in [4.78, 5) is 0. The van der Waals surface area contributed by atoms with Crippen molar-refractivity contribution in [2.24, 2.45) is 0 Å². The van der Waals surface area contributed by atoms with Crippen molar-refractivity contribution in [3.63, 3.8) is 0 Å². The highest BCUT2D eigenvalue weighted by molar-refractivity contribution is 6.26. The average molecular weight is 671 g/mol. The van der Waals surface area contributed by atoms with E-state index >= 15 is 0 Å². The average Bonchev–Trinajstić information content (AvgIpc) is 3.74. The van der Waals surface area contributed by atoms with E-state index in [0.29, 0.717) is 38.8 Å². The Morgan fingerprint density at radius 2 is 1.02 bits per heavy atom. The highest BCUT2D eigenvalue weighted by Gasteiger charge is 2.36. The van der Waals surface area contributed by atoms with Crippen molar-refractivity contribution in [3.05, 3.63) is 181 Å². The van der Waals surface area contributed by atoms with E-state index in [2.05, 4.69) is 44.2 Å². The molecule has 1 aliphatic rings. The van der Waals surface area contributed by atoms with E-state index in [1.54, 1.807) is 0 Å². The number of hydrogen-bond donors (Lipinski definition) is 0. The molecule has 0 unspecified atom stereocenters. The topological polar surface area (TPSA) is 13.1 Å². The molecule has 0 spiro atoms. The molecule has 9 aromatic carbocycles. The molecule has 10 aromatic rings. The van der Waals surface area contributed by atoms with Gasteiger partial charge in [-0.25, -0.2) is 0 Å². The number of hydrogen-bond acceptors (Lipinski definition) is 1. The van der Waals surface area contributed by atoms with Gasteiger partial charge < -0.3 is 4.42 Å². The lowest BCUT2D eigenvalue weighted by molar-refractivity contribution is 0.661. The maximum Gasteiger partial charge on any atom is 0.136 e. The number of rotatable bonds is 3. The fourth-order valence-corrected chi connectivity index (χ4v) is 8.61. The summed E-state index contributed by atoms with van der Waals surface area (Å²) in [6.07, 6.45) is 0. The molecule has 1 nitrogen and oxygen atoms in total. The van der Waals surface area contributed by atoms with Gasteiger partial charge in [0.2, 0.25) is 0 Å². The lowest BCUT2D eigenvalue weighted by Gasteiger charge is -2.23. The van der Waals surface area contributed by atoms with Crippen LogP contribution in [0.1, 0.15) is 35.9 Å². The molecule has 11 rings (SSSR count). The SMILES string of the molecule is [2H]c1c([2H])c([2H])c2c(-c3cccc4oc5cc6ccccc6cc5c34)c3c([2H])c([2H])c([2H])c([2H])c3c(-c3ccc4c(c3)C(C)(C)c3cc(-c5ccccc5)ccc3-4)c2c1[2H]. The molecule has 0 fully saturated rings. The molecule has 0 bridgehead atoms. The van der Waals surface area contributed by atoms with Crippen LogP contribution in [0.2, 0.25) is 0 Å². The summed E-state index contributed by atoms with van der Waals surface area (Å²) in [5, 5.41) is 4.15. The van der Waals surface area contributed by atoms with Crippen LogP contribution in [0.4, 0.5) is 0 Å². The highest BCUT2D eigenvalue weighted by atomic mass is 16.3. The zero-order valence-corrected chi connectivity index (χ0v) is 28.5. The van der Waals surface area contributed by atoms with Crippen molar-refractivity contribution in [1.82, 2.24) is 0 Å². The van der Waals surface area contributed by atoms with Gasteiger partial charge in [-0.15, -0.1) is 0 Å². The first-order valence-corrected chi connectivity index (χ1v) is 17.5. The van der Waals surface area contributed by atoms with Crippen molar-refractivity contribution >= 4 is 54.3 Å². The van der Waals surface area contributed by atoms with Crippen LogP contribution >= 0.6 is 0 Å². The highest BCUT2D eigenvalue weighted by Crippen LogP contribution is 2.52. The minimum absolute atomic E-state index is 0.173. The molecule has 0 amide bonds. The van der Waals surface area contributed by atoms with Crippen LogP contribution in [-0.4, -0.2) is 0 Å². The van der Waals surface area contributed by atoms with Crippen LogP contribution in [0.15, 0.2) is 174 Å². The van der Waals surface area contributed by atoms with Crippen LogP contribution in [-0.2, 0) is 5.41 Å². The monoisotopic (exact) mass is 670 g/mol. The maximum atomic E-state index is 9.57. The molecule has 0 atom stereocenters. The zero-order chi connectivity index (χ0) is 41.5. The van der Waals surface area contributed by atoms with Gasteiger partial charge in [-0.1, -0.05) is 153 Å². The predicted octanol–water partition coefficient (Wildman–Crippen LogP) is 14.4. The Morgan fingerprint density at radius 1 is 0.442 bits per heavy atom. The van der Waals surface area contributed by atoms with Gasteiger partial charge in [0, 0.05) is 16.2 Å². The fourth-order valence-electron chi connectivity index (χ4n) is 8.61. The van der Waals surface area contributed by atoms with Gasteiger partial charge in [-0.05, 0) is 118 Å². The van der Waals surface area contributed by atoms with E-state index in [-0.39, 0.29) is 45.7 Å². The predicted molar refractivity (Wildman–Crippen MR) is 220 cm³/mol. The molecule has 52 heavy (non-hydrogen) atoms. The van der Waals surface area contributed by atoms with Gasteiger partial charge in [0.1, 0.15) is 11.2 Å². The van der Waals surface area contributed by atoms with E-state index in [1.165, 1.54) is 0 Å². The fraction of sp³-hybridized carbons (Fsp3) is 0.0588. The third kappa shape index (κ3) is 4.11. The molecule has 0 saturated carbocycles. The third-order valence-corrected chi connectivity index (χ3v) is 11.1. The van der Waals surface area contributed by atoms with Crippen LogP contribution < -0.4 is 0 Å². The first-order chi connectivity index (χ1) is 28.9. The molecule has 1 aliphatic carbocycles. The molecule has 244 valence electrons. The summed E-state index contributed by atoms with van der Waals surface area (Å²) in [7, 11) is 0.